The van der Waals surface area contributed by atoms with E-state index in [1.54, 1.807) is 12.1 Å². The molecule has 0 bridgehead atoms. The predicted molar refractivity (Wildman–Crippen MR) is 88.3 cm³/mol. The van der Waals surface area contributed by atoms with Crippen LogP contribution in [0.15, 0.2) is 30.3 Å². The van der Waals surface area contributed by atoms with Crippen molar-refractivity contribution in [2.45, 2.75) is 19.3 Å². The topological polar surface area (TPSA) is 64.6 Å². The minimum absolute atomic E-state index is 0.104. The van der Waals surface area contributed by atoms with E-state index in [4.69, 9.17) is 9.47 Å². The molecule has 0 saturated carbocycles. The molecule has 2 aromatic rings. The van der Waals surface area contributed by atoms with Gasteiger partial charge >= 0.3 is 5.97 Å². The molecule has 1 amide bonds. The fraction of sp³-hybridized carbons (Fsp3) is 0.294. The number of rotatable bonds is 5. The van der Waals surface area contributed by atoms with Crippen LogP contribution in [0.4, 0.5) is 5.00 Å². The number of benzene rings is 1. The Morgan fingerprint density at radius 1 is 1.22 bits per heavy atom. The molecule has 1 aliphatic rings. The average molecular weight is 331 g/mol. The molecular weight excluding hydrogens is 314 g/mol. The molecule has 1 heterocycles. The van der Waals surface area contributed by atoms with Crippen molar-refractivity contribution in [2.75, 3.05) is 19.0 Å². The van der Waals surface area contributed by atoms with E-state index >= 15 is 0 Å². The SMILES string of the molecule is COC(=O)c1c(NC(=O)COc2ccccc2)sc2c1CCC2. The van der Waals surface area contributed by atoms with Gasteiger partial charge in [-0.3, -0.25) is 4.79 Å². The Kier molecular flexibility index (Phi) is 4.62. The molecule has 1 aromatic heterocycles. The summed E-state index contributed by atoms with van der Waals surface area (Å²) in [5, 5.41) is 3.34. The van der Waals surface area contributed by atoms with Crippen molar-refractivity contribution in [3.05, 3.63) is 46.3 Å². The van der Waals surface area contributed by atoms with E-state index < -0.39 is 5.97 Å². The molecule has 120 valence electrons. The van der Waals surface area contributed by atoms with Crippen LogP contribution < -0.4 is 10.1 Å². The molecule has 0 spiro atoms. The Balaban J connectivity index is 1.70. The van der Waals surface area contributed by atoms with E-state index in [0.717, 1.165) is 29.7 Å². The van der Waals surface area contributed by atoms with Gasteiger partial charge in [-0.05, 0) is 37.0 Å². The lowest BCUT2D eigenvalue weighted by atomic mass is 10.1. The van der Waals surface area contributed by atoms with Crippen LogP contribution in [0.2, 0.25) is 0 Å². The number of fused-ring (bicyclic) bond motifs is 1. The third-order valence-electron chi connectivity index (χ3n) is 3.68. The third-order valence-corrected chi connectivity index (χ3v) is 4.88. The van der Waals surface area contributed by atoms with Crippen LogP contribution in [0.1, 0.15) is 27.2 Å². The van der Waals surface area contributed by atoms with Crippen LogP contribution >= 0.6 is 11.3 Å². The van der Waals surface area contributed by atoms with E-state index in [2.05, 4.69) is 5.32 Å². The first-order valence-corrected chi connectivity index (χ1v) is 8.21. The molecule has 1 N–H and O–H groups in total. The number of thiophene rings is 1. The monoisotopic (exact) mass is 331 g/mol. The van der Waals surface area contributed by atoms with E-state index in [1.807, 2.05) is 18.2 Å². The highest BCUT2D eigenvalue weighted by molar-refractivity contribution is 7.17. The zero-order valence-corrected chi connectivity index (χ0v) is 13.6. The lowest BCUT2D eigenvalue weighted by molar-refractivity contribution is -0.118. The van der Waals surface area contributed by atoms with Crippen LogP contribution in [0.25, 0.3) is 0 Å². The maximum absolute atomic E-state index is 12.1. The second-order valence-electron chi connectivity index (χ2n) is 5.20. The van der Waals surface area contributed by atoms with Crippen molar-refractivity contribution >= 4 is 28.2 Å². The van der Waals surface area contributed by atoms with Gasteiger partial charge < -0.3 is 14.8 Å². The van der Waals surface area contributed by atoms with Crippen molar-refractivity contribution < 1.29 is 19.1 Å². The van der Waals surface area contributed by atoms with Crippen LogP contribution in [0, 0.1) is 0 Å². The van der Waals surface area contributed by atoms with Crippen LogP contribution in [0.3, 0.4) is 0 Å². The van der Waals surface area contributed by atoms with E-state index in [9.17, 15) is 9.59 Å². The molecule has 0 radical (unpaired) electrons. The molecule has 1 aromatic carbocycles. The molecule has 0 unspecified atom stereocenters. The van der Waals surface area contributed by atoms with Crippen LogP contribution in [-0.2, 0) is 22.4 Å². The fourth-order valence-electron chi connectivity index (χ4n) is 2.64. The van der Waals surface area contributed by atoms with Gasteiger partial charge in [-0.25, -0.2) is 4.79 Å². The Labute approximate surface area is 138 Å². The van der Waals surface area contributed by atoms with Gasteiger partial charge in [-0.2, -0.15) is 0 Å². The number of carbonyl (C=O) groups excluding carboxylic acids is 2. The standard InChI is InChI=1S/C17H17NO4S/c1-21-17(20)15-12-8-5-9-13(12)23-16(15)18-14(19)10-22-11-6-3-2-4-7-11/h2-4,6-7H,5,8-10H2,1H3,(H,18,19). The summed E-state index contributed by atoms with van der Waals surface area (Å²) in [5.74, 6) is -0.0628. The number of carbonyl (C=O) groups is 2. The van der Waals surface area contributed by atoms with Crippen molar-refractivity contribution in [3.63, 3.8) is 0 Å². The van der Waals surface area contributed by atoms with Gasteiger partial charge in [0, 0.05) is 4.88 Å². The second kappa shape index (κ2) is 6.83. The summed E-state index contributed by atoms with van der Waals surface area (Å²) >= 11 is 1.45. The first kappa shape index (κ1) is 15.6. The number of hydrogen-bond donors (Lipinski definition) is 1. The van der Waals surface area contributed by atoms with Gasteiger partial charge in [0.05, 0.1) is 12.7 Å². The molecule has 23 heavy (non-hydrogen) atoms. The largest absolute Gasteiger partial charge is 0.484 e. The number of amides is 1. The quantitative estimate of drug-likeness (QED) is 0.855. The van der Waals surface area contributed by atoms with Crippen molar-refractivity contribution in [1.82, 2.24) is 0 Å². The maximum atomic E-state index is 12.1. The normalized spacial score (nSPS) is 12.6. The Morgan fingerprint density at radius 3 is 2.74 bits per heavy atom. The highest BCUT2D eigenvalue weighted by atomic mass is 32.1. The summed E-state index contributed by atoms with van der Waals surface area (Å²) in [6.45, 7) is -0.104. The van der Waals surface area contributed by atoms with Gasteiger partial charge in [0.2, 0.25) is 0 Å². The second-order valence-corrected chi connectivity index (χ2v) is 6.31. The Bertz CT molecular complexity index is 724. The first-order valence-electron chi connectivity index (χ1n) is 7.39. The number of ether oxygens (including phenoxy) is 2. The number of aryl methyl sites for hydroxylation is 1. The molecule has 6 heteroatoms. The number of anilines is 1. The summed E-state index contributed by atoms with van der Waals surface area (Å²) in [7, 11) is 1.35. The number of nitrogens with one attached hydrogen (secondary N) is 1. The maximum Gasteiger partial charge on any atom is 0.341 e. The van der Waals surface area contributed by atoms with Gasteiger partial charge in [0.1, 0.15) is 10.8 Å². The third kappa shape index (κ3) is 3.37. The average Bonchev–Trinajstić information content (AvgIpc) is 3.14. The molecule has 0 atom stereocenters. The van der Waals surface area contributed by atoms with Crippen molar-refractivity contribution in [1.29, 1.82) is 0 Å². The first-order chi connectivity index (χ1) is 11.2. The van der Waals surface area contributed by atoms with Crippen molar-refractivity contribution in [3.8, 4) is 5.75 Å². The Hall–Kier alpha value is -2.34. The van der Waals surface area contributed by atoms with E-state index in [0.29, 0.717) is 16.3 Å². The van der Waals surface area contributed by atoms with Crippen LogP contribution in [0.5, 0.6) is 5.75 Å². The van der Waals surface area contributed by atoms with Gasteiger partial charge in [-0.1, -0.05) is 18.2 Å². The molecular formula is C17H17NO4S. The summed E-state index contributed by atoms with van der Waals surface area (Å²) in [4.78, 5) is 25.3. The molecule has 0 saturated heterocycles. The highest BCUT2D eigenvalue weighted by Crippen LogP contribution is 2.39. The Morgan fingerprint density at radius 2 is 2.00 bits per heavy atom. The lowest BCUT2D eigenvalue weighted by Gasteiger charge is -2.08. The number of methoxy groups -OCH3 is 1. The fourth-order valence-corrected chi connectivity index (χ4v) is 3.93. The van der Waals surface area contributed by atoms with Crippen molar-refractivity contribution in [2.24, 2.45) is 0 Å². The highest BCUT2D eigenvalue weighted by Gasteiger charge is 2.27. The minimum atomic E-state index is -0.399. The number of hydrogen-bond acceptors (Lipinski definition) is 5. The zero-order chi connectivity index (χ0) is 16.2. The van der Waals surface area contributed by atoms with E-state index in [-0.39, 0.29) is 12.5 Å². The number of esters is 1. The smallest absolute Gasteiger partial charge is 0.341 e. The van der Waals surface area contributed by atoms with Gasteiger partial charge in [0.15, 0.2) is 6.61 Å². The van der Waals surface area contributed by atoms with E-state index in [1.165, 1.54) is 18.4 Å². The lowest BCUT2D eigenvalue weighted by Crippen LogP contribution is -2.21. The summed E-state index contributed by atoms with van der Waals surface area (Å²) in [6, 6.07) is 9.13. The van der Waals surface area contributed by atoms with Crippen LogP contribution in [-0.4, -0.2) is 25.6 Å². The molecule has 0 fully saturated rings. The molecule has 1 aliphatic carbocycles. The summed E-state index contributed by atoms with van der Waals surface area (Å²) < 4.78 is 10.3. The zero-order valence-electron chi connectivity index (χ0n) is 12.8. The summed E-state index contributed by atoms with van der Waals surface area (Å²) in [5.41, 5.74) is 1.51. The van der Waals surface area contributed by atoms with Gasteiger partial charge in [-0.15, -0.1) is 11.3 Å². The minimum Gasteiger partial charge on any atom is -0.484 e. The molecule has 0 aliphatic heterocycles. The summed E-state index contributed by atoms with van der Waals surface area (Å²) in [6.07, 6.45) is 2.84. The predicted octanol–water partition coefficient (Wildman–Crippen LogP) is 3.04. The molecule has 3 rings (SSSR count). The number of para-hydroxylation sites is 1. The molecule has 5 nitrogen and oxygen atoms in total. The van der Waals surface area contributed by atoms with Gasteiger partial charge in [0.25, 0.3) is 5.91 Å².